The first-order chi connectivity index (χ1) is 7.81. The maximum Gasteiger partial charge on any atom is 0.138 e. The first-order valence-corrected chi connectivity index (χ1v) is 6.06. The highest BCUT2D eigenvalue weighted by Crippen LogP contribution is 2.54. The molecule has 3 nitrogen and oxygen atoms in total. The van der Waals surface area contributed by atoms with Gasteiger partial charge in [-0.2, -0.15) is 0 Å². The van der Waals surface area contributed by atoms with Crippen molar-refractivity contribution in [2.75, 3.05) is 0 Å². The Bertz CT molecular complexity index is 359. The highest BCUT2D eigenvalue weighted by Gasteiger charge is 2.57. The molecule has 3 rings (SSSR count). The van der Waals surface area contributed by atoms with E-state index >= 15 is 0 Å². The molecule has 2 atom stereocenters. The van der Waals surface area contributed by atoms with Gasteiger partial charge in [0.2, 0.25) is 0 Å². The Hall–Kier alpha value is -1.09. The average molecular weight is 219 g/mol. The Morgan fingerprint density at radius 2 is 2.19 bits per heavy atom. The molecule has 1 aromatic rings. The highest BCUT2D eigenvalue weighted by atomic mass is 16.5. The number of nitrogens with zero attached hydrogens (tertiary/aromatic N) is 1. The molecule has 0 amide bonds. The third-order valence-electron chi connectivity index (χ3n) is 4.19. The lowest BCUT2D eigenvalue weighted by atomic mass is 9.62. The maximum atomic E-state index is 9.95. The van der Waals surface area contributed by atoms with Crippen LogP contribution in [0.3, 0.4) is 0 Å². The van der Waals surface area contributed by atoms with Crippen molar-refractivity contribution in [3.05, 3.63) is 24.5 Å². The average Bonchev–Trinajstić information content (AvgIpc) is 2.82. The Balaban J connectivity index is 1.73. The van der Waals surface area contributed by atoms with Gasteiger partial charge in [-0.1, -0.05) is 12.8 Å². The summed E-state index contributed by atoms with van der Waals surface area (Å²) in [6, 6.07) is 3.81. The lowest BCUT2D eigenvalue weighted by Gasteiger charge is -2.51. The van der Waals surface area contributed by atoms with Gasteiger partial charge in [0, 0.05) is 18.0 Å². The topological polar surface area (TPSA) is 42.4 Å². The minimum atomic E-state index is -0.156. The van der Waals surface area contributed by atoms with Gasteiger partial charge in [-0.05, 0) is 25.0 Å². The van der Waals surface area contributed by atoms with E-state index in [1.54, 1.807) is 12.4 Å². The lowest BCUT2D eigenvalue weighted by Crippen LogP contribution is -2.58. The Labute approximate surface area is 95.5 Å². The van der Waals surface area contributed by atoms with Gasteiger partial charge >= 0.3 is 0 Å². The first kappa shape index (κ1) is 10.1. The fourth-order valence-corrected chi connectivity index (χ4v) is 3.16. The molecule has 2 aliphatic rings. The second kappa shape index (κ2) is 3.74. The van der Waals surface area contributed by atoms with Gasteiger partial charge in [-0.15, -0.1) is 0 Å². The van der Waals surface area contributed by atoms with Crippen molar-refractivity contribution in [3.8, 4) is 5.75 Å². The number of ether oxygens (including phenoxy) is 1. The summed E-state index contributed by atoms with van der Waals surface area (Å²) in [5.41, 5.74) is 0.0514. The zero-order valence-electron chi connectivity index (χ0n) is 9.30. The number of hydrogen-bond acceptors (Lipinski definition) is 3. The normalized spacial score (nSPS) is 31.3. The monoisotopic (exact) mass is 219 g/mol. The third kappa shape index (κ3) is 1.42. The van der Waals surface area contributed by atoms with E-state index in [1.807, 2.05) is 12.1 Å². The van der Waals surface area contributed by atoms with Crippen LogP contribution in [0.2, 0.25) is 0 Å². The van der Waals surface area contributed by atoms with E-state index in [1.165, 1.54) is 12.8 Å². The van der Waals surface area contributed by atoms with Crippen LogP contribution in [-0.4, -0.2) is 22.3 Å². The molecular formula is C13H17NO2. The summed E-state index contributed by atoms with van der Waals surface area (Å²) in [6.07, 6.45) is 8.97. The van der Waals surface area contributed by atoms with Crippen molar-refractivity contribution < 1.29 is 9.84 Å². The van der Waals surface area contributed by atoms with E-state index in [2.05, 4.69) is 4.98 Å². The molecule has 2 unspecified atom stereocenters. The van der Waals surface area contributed by atoms with E-state index in [4.69, 9.17) is 4.74 Å². The smallest absolute Gasteiger partial charge is 0.138 e. The molecular weight excluding hydrogens is 202 g/mol. The van der Waals surface area contributed by atoms with Crippen LogP contribution in [0.1, 0.15) is 32.1 Å². The fourth-order valence-electron chi connectivity index (χ4n) is 3.16. The van der Waals surface area contributed by atoms with Gasteiger partial charge in [0.15, 0.2) is 0 Å². The van der Waals surface area contributed by atoms with Gasteiger partial charge in [-0.25, -0.2) is 0 Å². The summed E-state index contributed by atoms with van der Waals surface area (Å²) in [5, 5.41) is 9.95. The second-order valence-corrected chi connectivity index (χ2v) is 4.99. The van der Waals surface area contributed by atoms with Gasteiger partial charge in [-0.3, -0.25) is 4.98 Å². The maximum absolute atomic E-state index is 9.95. The molecule has 16 heavy (non-hydrogen) atoms. The fraction of sp³-hybridized carbons (Fsp3) is 0.615. The lowest BCUT2D eigenvalue weighted by molar-refractivity contribution is -0.152. The zero-order valence-corrected chi connectivity index (χ0v) is 9.30. The van der Waals surface area contributed by atoms with Gasteiger partial charge in [0.25, 0.3) is 0 Å². The number of rotatable bonds is 2. The molecule has 2 aliphatic carbocycles. The molecule has 2 fully saturated rings. The summed E-state index contributed by atoms with van der Waals surface area (Å²) in [6.45, 7) is 0. The molecule has 0 bridgehead atoms. The summed E-state index contributed by atoms with van der Waals surface area (Å²) in [4.78, 5) is 4.04. The summed E-state index contributed by atoms with van der Waals surface area (Å²) < 4.78 is 5.94. The van der Waals surface area contributed by atoms with Crippen molar-refractivity contribution in [2.45, 2.75) is 44.3 Å². The number of pyridine rings is 1. The van der Waals surface area contributed by atoms with Crippen molar-refractivity contribution in [1.82, 2.24) is 4.98 Å². The highest BCUT2D eigenvalue weighted by molar-refractivity contribution is 5.18. The standard InChI is InChI=1S/C13H17NO2/c15-11-8-12(13(11)5-1-2-6-13)16-10-4-3-7-14-9-10/h3-4,7,9,11-12,15H,1-2,5-6,8H2. The minimum absolute atomic E-state index is 0.0514. The molecule has 0 radical (unpaired) electrons. The molecule has 1 N–H and O–H groups in total. The molecule has 1 aromatic heterocycles. The second-order valence-electron chi connectivity index (χ2n) is 4.99. The predicted octanol–water partition coefficient (Wildman–Crippen LogP) is 2.15. The van der Waals surface area contributed by atoms with Crippen molar-refractivity contribution in [2.24, 2.45) is 5.41 Å². The van der Waals surface area contributed by atoms with E-state index in [9.17, 15) is 5.11 Å². The van der Waals surface area contributed by atoms with Gasteiger partial charge in [0.05, 0.1) is 12.3 Å². The Morgan fingerprint density at radius 3 is 2.81 bits per heavy atom. The molecule has 0 aromatic carbocycles. The van der Waals surface area contributed by atoms with Crippen molar-refractivity contribution >= 4 is 0 Å². The largest absolute Gasteiger partial charge is 0.488 e. The van der Waals surface area contributed by atoms with Crippen LogP contribution in [0.15, 0.2) is 24.5 Å². The van der Waals surface area contributed by atoms with E-state index in [-0.39, 0.29) is 17.6 Å². The number of aromatic nitrogens is 1. The van der Waals surface area contributed by atoms with E-state index < -0.39 is 0 Å². The quantitative estimate of drug-likeness (QED) is 0.828. The molecule has 86 valence electrons. The summed E-state index contributed by atoms with van der Waals surface area (Å²) in [7, 11) is 0. The van der Waals surface area contributed by atoms with Crippen LogP contribution in [0.4, 0.5) is 0 Å². The number of aliphatic hydroxyl groups excluding tert-OH is 1. The Kier molecular flexibility index (Phi) is 2.36. The van der Waals surface area contributed by atoms with Crippen molar-refractivity contribution in [3.63, 3.8) is 0 Å². The van der Waals surface area contributed by atoms with Crippen LogP contribution in [0.5, 0.6) is 5.75 Å². The number of hydrogen-bond donors (Lipinski definition) is 1. The molecule has 1 spiro atoms. The number of aliphatic hydroxyl groups is 1. The van der Waals surface area contributed by atoms with E-state index in [0.717, 1.165) is 25.0 Å². The van der Waals surface area contributed by atoms with Crippen molar-refractivity contribution in [1.29, 1.82) is 0 Å². The van der Waals surface area contributed by atoms with Crippen LogP contribution in [0, 0.1) is 5.41 Å². The molecule has 1 heterocycles. The van der Waals surface area contributed by atoms with Crippen LogP contribution < -0.4 is 4.74 Å². The van der Waals surface area contributed by atoms with Gasteiger partial charge < -0.3 is 9.84 Å². The first-order valence-electron chi connectivity index (χ1n) is 6.06. The molecule has 3 heteroatoms. The summed E-state index contributed by atoms with van der Waals surface area (Å²) in [5.74, 6) is 0.825. The zero-order chi connectivity index (χ0) is 11.0. The minimum Gasteiger partial charge on any atom is -0.488 e. The van der Waals surface area contributed by atoms with Crippen LogP contribution in [-0.2, 0) is 0 Å². The van der Waals surface area contributed by atoms with Crippen LogP contribution >= 0.6 is 0 Å². The molecule has 0 aliphatic heterocycles. The summed E-state index contributed by atoms with van der Waals surface area (Å²) >= 11 is 0. The van der Waals surface area contributed by atoms with Gasteiger partial charge in [0.1, 0.15) is 11.9 Å². The van der Waals surface area contributed by atoms with Crippen LogP contribution in [0.25, 0.3) is 0 Å². The molecule has 2 saturated carbocycles. The third-order valence-corrected chi connectivity index (χ3v) is 4.19. The SMILES string of the molecule is OC1CC(Oc2cccnc2)C12CCCC2. The van der Waals surface area contributed by atoms with E-state index in [0.29, 0.717) is 0 Å². The molecule has 0 saturated heterocycles. The Morgan fingerprint density at radius 1 is 1.38 bits per heavy atom. The predicted molar refractivity (Wildman–Crippen MR) is 60.2 cm³/mol.